The van der Waals surface area contributed by atoms with E-state index in [1.165, 1.54) is 6.07 Å². The molecule has 1 aromatic carbocycles. The van der Waals surface area contributed by atoms with E-state index in [2.05, 4.69) is 10.6 Å². The first-order chi connectivity index (χ1) is 7.09. The summed E-state index contributed by atoms with van der Waals surface area (Å²) in [5.41, 5.74) is 6.46. The molecule has 78 valence electrons. The number of nitrogens with two attached hydrogens (primary N) is 1. The minimum Gasteiger partial charge on any atom is -0.397 e. The van der Waals surface area contributed by atoms with Gasteiger partial charge in [0.05, 0.1) is 28.5 Å². The van der Waals surface area contributed by atoms with Crippen LogP contribution in [0.25, 0.3) is 0 Å². The number of rotatable bonds is 0. The normalized spacial score (nSPS) is 15.0. The van der Waals surface area contributed by atoms with Crippen molar-refractivity contribution in [1.29, 1.82) is 0 Å². The lowest BCUT2D eigenvalue weighted by molar-refractivity contribution is -0.115. The molecule has 0 saturated carbocycles. The van der Waals surface area contributed by atoms with Crippen LogP contribution in [-0.4, -0.2) is 18.4 Å². The van der Waals surface area contributed by atoms with Crippen LogP contribution in [0, 0.1) is 0 Å². The molecule has 2 rings (SSSR count). The molecule has 0 unspecified atom stereocenters. The highest BCUT2D eigenvalue weighted by Crippen LogP contribution is 2.30. The monoisotopic (exact) mass is 225 g/mol. The highest BCUT2D eigenvalue weighted by atomic mass is 35.5. The first kappa shape index (κ1) is 9.79. The zero-order chi connectivity index (χ0) is 11.0. The lowest BCUT2D eigenvalue weighted by Crippen LogP contribution is -2.28. The highest BCUT2D eigenvalue weighted by molar-refractivity contribution is 6.35. The number of halogens is 1. The molecule has 1 aliphatic heterocycles. The Hall–Kier alpha value is -1.75. The van der Waals surface area contributed by atoms with Crippen LogP contribution in [0.5, 0.6) is 0 Å². The van der Waals surface area contributed by atoms with E-state index in [1.807, 2.05) is 0 Å². The summed E-state index contributed by atoms with van der Waals surface area (Å²) >= 11 is 5.86. The van der Waals surface area contributed by atoms with Gasteiger partial charge < -0.3 is 16.4 Å². The van der Waals surface area contributed by atoms with E-state index in [0.717, 1.165) is 0 Å². The molecule has 0 saturated heterocycles. The number of amides is 2. The van der Waals surface area contributed by atoms with Crippen molar-refractivity contribution in [3.63, 3.8) is 0 Å². The Labute approximate surface area is 90.6 Å². The van der Waals surface area contributed by atoms with Gasteiger partial charge in [-0.2, -0.15) is 0 Å². The molecule has 0 spiro atoms. The molecule has 4 N–H and O–H groups in total. The molecular weight excluding hydrogens is 218 g/mol. The molecule has 6 heteroatoms. The summed E-state index contributed by atoms with van der Waals surface area (Å²) in [7, 11) is 0. The Morgan fingerprint density at radius 1 is 1.33 bits per heavy atom. The van der Waals surface area contributed by atoms with Crippen LogP contribution < -0.4 is 16.4 Å². The third-order valence-corrected chi connectivity index (χ3v) is 2.40. The number of carbonyl (C=O) groups excluding carboxylic acids is 2. The molecule has 0 bridgehead atoms. The lowest BCUT2D eigenvalue weighted by Gasteiger charge is -2.09. The van der Waals surface area contributed by atoms with Crippen molar-refractivity contribution < 1.29 is 9.59 Å². The quantitative estimate of drug-likeness (QED) is 0.566. The smallest absolute Gasteiger partial charge is 0.255 e. The Morgan fingerprint density at radius 2 is 2.07 bits per heavy atom. The van der Waals surface area contributed by atoms with E-state index >= 15 is 0 Å². The molecule has 0 fully saturated rings. The minimum absolute atomic E-state index is 0.0801. The summed E-state index contributed by atoms with van der Waals surface area (Å²) in [5.74, 6) is -0.725. The topological polar surface area (TPSA) is 84.2 Å². The average molecular weight is 226 g/mol. The van der Waals surface area contributed by atoms with E-state index in [-0.39, 0.29) is 28.7 Å². The third-order valence-electron chi connectivity index (χ3n) is 2.09. The molecule has 0 radical (unpaired) electrons. The average Bonchev–Trinajstić information content (AvgIpc) is 2.34. The molecule has 2 amide bonds. The molecule has 5 nitrogen and oxygen atoms in total. The van der Waals surface area contributed by atoms with Gasteiger partial charge in [0.15, 0.2) is 0 Å². The van der Waals surface area contributed by atoms with Crippen molar-refractivity contribution >= 4 is 34.8 Å². The maximum absolute atomic E-state index is 11.6. The summed E-state index contributed by atoms with van der Waals surface area (Å²) in [6, 6.07) is 3.06. The second-order valence-electron chi connectivity index (χ2n) is 3.12. The molecular formula is C9H8ClN3O2. The minimum atomic E-state index is -0.402. The van der Waals surface area contributed by atoms with Crippen LogP contribution in [0.2, 0.25) is 5.02 Å². The summed E-state index contributed by atoms with van der Waals surface area (Å²) in [6.45, 7) is -0.0801. The lowest BCUT2D eigenvalue weighted by atomic mass is 10.1. The van der Waals surface area contributed by atoms with Gasteiger partial charge in [-0.15, -0.1) is 0 Å². The number of anilines is 2. The van der Waals surface area contributed by atoms with Gasteiger partial charge in [-0.05, 0) is 12.1 Å². The predicted octanol–water partition coefficient (Wildman–Crippen LogP) is 0.604. The number of nitrogen functional groups attached to an aromatic ring is 1. The zero-order valence-corrected chi connectivity index (χ0v) is 8.39. The van der Waals surface area contributed by atoms with Gasteiger partial charge in [0, 0.05) is 0 Å². The van der Waals surface area contributed by atoms with Gasteiger partial charge in [0.1, 0.15) is 0 Å². The van der Waals surface area contributed by atoms with Crippen LogP contribution in [-0.2, 0) is 4.79 Å². The van der Waals surface area contributed by atoms with E-state index in [0.29, 0.717) is 5.69 Å². The summed E-state index contributed by atoms with van der Waals surface area (Å²) in [5, 5.41) is 5.22. The maximum Gasteiger partial charge on any atom is 0.255 e. The number of carbonyl (C=O) groups is 2. The van der Waals surface area contributed by atoms with Crippen molar-refractivity contribution in [3.8, 4) is 0 Å². The van der Waals surface area contributed by atoms with Crippen LogP contribution in [0.4, 0.5) is 11.4 Å². The zero-order valence-electron chi connectivity index (χ0n) is 7.63. The van der Waals surface area contributed by atoms with E-state index in [9.17, 15) is 9.59 Å². The van der Waals surface area contributed by atoms with E-state index in [1.54, 1.807) is 6.07 Å². The molecule has 1 heterocycles. The second kappa shape index (κ2) is 3.43. The largest absolute Gasteiger partial charge is 0.397 e. The summed E-state index contributed by atoms with van der Waals surface area (Å²) < 4.78 is 0. The first-order valence-electron chi connectivity index (χ1n) is 4.25. The predicted molar refractivity (Wildman–Crippen MR) is 56.8 cm³/mol. The van der Waals surface area contributed by atoms with Crippen molar-refractivity contribution in [2.45, 2.75) is 0 Å². The van der Waals surface area contributed by atoms with Crippen molar-refractivity contribution in [3.05, 3.63) is 22.7 Å². The fourth-order valence-electron chi connectivity index (χ4n) is 1.38. The number of hydrogen-bond acceptors (Lipinski definition) is 3. The Morgan fingerprint density at radius 3 is 2.80 bits per heavy atom. The van der Waals surface area contributed by atoms with Gasteiger partial charge in [-0.3, -0.25) is 9.59 Å². The fraction of sp³-hybridized carbons (Fsp3) is 0.111. The number of nitrogens with one attached hydrogen (secondary N) is 2. The Kier molecular flexibility index (Phi) is 2.24. The van der Waals surface area contributed by atoms with Crippen molar-refractivity contribution in [1.82, 2.24) is 5.32 Å². The highest BCUT2D eigenvalue weighted by Gasteiger charge is 2.23. The van der Waals surface area contributed by atoms with E-state index < -0.39 is 5.91 Å². The molecule has 1 aromatic rings. The van der Waals surface area contributed by atoms with E-state index in [4.69, 9.17) is 17.3 Å². The Balaban J connectivity index is 2.66. The number of fused-ring (bicyclic) bond motifs is 1. The molecule has 0 aromatic heterocycles. The van der Waals surface area contributed by atoms with Gasteiger partial charge in [0.2, 0.25) is 5.91 Å². The standard InChI is InChI=1S/C9H8ClN3O2/c10-4-1-2-5(11)8-7(4)9(15)12-3-6(14)13-8/h1-2H,3,11H2,(H,12,15)(H,13,14). The number of hydrogen-bond donors (Lipinski definition) is 3. The molecule has 0 atom stereocenters. The second-order valence-corrected chi connectivity index (χ2v) is 3.52. The van der Waals surface area contributed by atoms with Crippen molar-refractivity contribution in [2.24, 2.45) is 0 Å². The SMILES string of the molecule is Nc1ccc(Cl)c2c1NC(=O)CNC2=O. The molecule has 0 aliphatic carbocycles. The number of benzene rings is 1. The fourth-order valence-corrected chi connectivity index (χ4v) is 1.63. The van der Waals surface area contributed by atoms with Crippen LogP contribution in [0.3, 0.4) is 0 Å². The van der Waals surface area contributed by atoms with Crippen LogP contribution >= 0.6 is 11.6 Å². The van der Waals surface area contributed by atoms with Gasteiger partial charge in [-0.25, -0.2) is 0 Å². The maximum atomic E-state index is 11.6. The van der Waals surface area contributed by atoms with Crippen LogP contribution in [0.15, 0.2) is 12.1 Å². The first-order valence-corrected chi connectivity index (χ1v) is 4.63. The van der Waals surface area contributed by atoms with Gasteiger partial charge >= 0.3 is 0 Å². The van der Waals surface area contributed by atoms with Gasteiger partial charge in [-0.1, -0.05) is 11.6 Å². The summed E-state index contributed by atoms with van der Waals surface area (Å²) in [6.07, 6.45) is 0. The van der Waals surface area contributed by atoms with Gasteiger partial charge in [0.25, 0.3) is 5.91 Å². The molecule has 15 heavy (non-hydrogen) atoms. The third kappa shape index (κ3) is 1.61. The summed E-state index contributed by atoms with van der Waals surface area (Å²) in [4.78, 5) is 22.8. The van der Waals surface area contributed by atoms with Crippen LogP contribution in [0.1, 0.15) is 10.4 Å². The molecule has 1 aliphatic rings. The Bertz CT molecular complexity index is 459. The van der Waals surface area contributed by atoms with Crippen molar-refractivity contribution in [2.75, 3.05) is 17.6 Å².